The maximum Gasteiger partial charge on any atom is 0.265 e. The molecule has 1 aliphatic rings. The average Bonchev–Trinajstić information content (AvgIpc) is 2.75. The molecule has 0 saturated carbocycles. The number of aliphatic hydroxyl groups excluding tert-OH is 1. The first-order chi connectivity index (χ1) is 15.6. The molecule has 7 nitrogen and oxygen atoms in total. The van der Waals surface area contributed by atoms with Crippen molar-refractivity contribution in [1.29, 1.82) is 0 Å². The molecule has 2 amide bonds. The van der Waals surface area contributed by atoms with Crippen LogP contribution in [0.15, 0.2) is 42.6 Å². The number of nitrogens with one attached hydrogen (secondary N) is 2. The van der Waals surface area contributed by atoms with Crippen LogP contribution in [0, 0.1) is 11.6 Å². The van der Waals surface area contributed by atoms with Crippen molar-refractivity contribution in [1.82, 2.24) is 10.6 Å². The first-order valence-corrected chi connectivity index (χ1v) is 10.6. The van der Waals surface area contributed by atoms with Crippen LogP contribution in [0.1, 0.15) is 24.5 Å². The normalized spacial score (nSPS) is 16.9. The lowest BCUT2D eigenvalue weighted by Crippen LogP contribution is -2.41. The van der Waals surface area contributed by atoms with Crippen LogP contribution >= 0.6 is 23.2 Å². The Morgan fingerprint density at radius 2 is 1.91 bits per heavy atom. The Morgan fingerprint density at radius 3 is 2.64 bits per heavy atom. The van der Waals surface area contributed by atoms with Crippen LogP contribution in [0.25, 0.3) is 0 Å². The van der Waals surface area contributed by atoms with E-state index in [-0.39, 0.29) is 53.1 Å². The molecular formula is C22H20Cl2F2N2O5. The summed E-state index contributed by atoms with van der Waals surface area (Å²) in [5.41, 5.74) is 0.521. The Hall–Kier alpha value is -2.88. The topological polar surface area (TPSA) is 96.9 Å². The Morgan fingerprint density at radius 1 is 1.18 bits per heavy atom. The number of amides is 2. The van der Waals surface area contributed by atoms with E-state index in [1.807, 2.05) is 0 Å². The van der Waals surface area contributed by atoms with E-state index in [2.05, 4.69) is 17.2 Å². The number of halogens is 4. The highest BCUT2D eigenvalue weighted by Gasteiger charge is 2.32. The summed E-state index contributed by atoms with van der Waals surface area (Å²) in [6.45, 7) is 3.55. The molecule has 0 bridgehead atoms. The molecule has 0 radical (unpaired) electrons. The van der Waals surface area contributed by atoms with Gasteiger partial charge >= 0.3 is 0 Å². The number of rotatable bonds is 8. The lowest BCUT2D eigenvalue weighted by atomic mass is 9.98. The van der Waals surface area contributed by atoms with Crippen LogP contribution in [-0.4, -0.2) is 36.2 Å². The van der Waals surface area contributed by atoms with Gasteiger partial charge in [-0.25, -0.2) is 8.78 Å². The lowest BCUT2D eigenvalue weighted by Gasteiger charge is -2.29. The van der Waals surface area contributed by atoms with Gasteiger partial charge in [-0.15, -0.1) is 0 Å². The zero-order chi connectivity index (χ0) is 24.1. The van der Waals surface area contributed by atoms with Crippen LogP contribution < -0.4 is 20.1 Å². The van der Waals surface area contributed by atoms with Gasteiger partial charge in [0.15, 0.2) is 12.7 Å². The quantitative estimate of drug-likeness (QED) is 0.513. The summed E-state index contributed by atoms with van der Waals surface area (Å²) < 4.78 is 37.7. The minimum atomic E-state index is -1.10. The summed E-state index contributed by atoms with van der Waals surface area (Å²) in [7, 11) is 0. The van der Waals surface area contributed by atoms with Gasteiger partial charge in [-0.05, 0) is 18.2 Å². The molecule has 2 aromatic carbocycles. The second-order valence-corrected chi connectivity index (χ2v) is 8.03. The molecule has 0 spiro atoms. The molecule has 0 aromatic heterocycles. The van der Waals surface area contributed by atoms with Gasteiger partial charge in [0.2, 0.25) is 0 Å². The molecule has 0 saturated heterocycles. The van der Waals surface area contributed by atoms with Crippen LogP contribution in [0.3, 0.4) is 0 Å². The number of benzene rings is 2. The summed E-state index contributed by atoms with van der Waals surface area (Å²) in [6.07, 6.45) is -1.99. The number of aliphatic hydroxyl groups is 1. The zero-order valence-electron chi connectivity index (χ0n) is 17.2. The van der Waals surface area contributed by atoms with E-state index in [1.54, 1.807) is 0 Å². The molecule has 3 rings (SSSR count). The van der Waals surface area contributed by atoms with Gasteiger partial charge in [0, 0.05) is 42.8 Å². The van der Waals surface area contributed by atoms with E-state index in [0.29, 0.717) is 5.70 Å². The first kappa shape index (κ1) is 24.8. The Bertz CT molecular complexity index is 1080. The van der Waals surface area contributed by atoms with Crippen molar-refractivity contribution in [3.63, 3.8) is 0 Å². The zero-order valence-corrected chi connectivity index (χ0v) is 18.7. The molecule has 2 atom stereocenters. The van der Waals surface area contributed by atoms with Gasteiger partial charge in [-0.3, -0.25) is 9.59 Å². The van der Waals surface area contributed by atoms with E-state index < -0.39 is 35.7 Å². The molecule has 0 unspecified atom stereocenters. The van der Waals surface area contributed by atoms with Crippen molar-refractivity contribution < 1.29 is 33.0 Å². The highest BCUT2D eigenvalue weighted by atomic mass is 35.5. The third-order valence-corrected chi connectivity index (χ3v) is 5.32. The van der Waals surface area contributed by atoms with Crippen molar-refractivity contribution in [3.8, 4) is 11.5 Å². The van der Waals surface area contributed by atoms with Crippen LogP contribution in [0.4, 0.5) is 8.78 Å². The van der Waals surface area contributed by atoms with Gasteiger partial charge in [0.25, 0.3) is 11.8 Å². The Kier molecular flexibility index (Phi) is 8.12. The minimum Gasteiger partial charge on any atom is -0.484 e. The molecule has 0 aliphatic carbocycles. The Balaban J connectivity index is 1.41. The maximum absolute atomic E-state index is 13.6. The van der Waals surface area contributed by atoms with E-state index in [1.165, 1.54) is 18.2 Å². The van der Waals surface area contributed by atoms with Crippen LogP contribution in [0.5, 0.6) is 11.5 Å². The average molecular weight is 501 g/mol. The summed E-state index contributed by atoms with van der Waals surface area (Å²) >= 11 is 11.3. The van der Waals surface area contributed by atoms with Gasteiger partial charge in [-0.1, -0.05) is 29.8 Å². The minimum absolute atomic E-state index is 0.0533. The van der Waals surface area contributed by atoms with Gasteiger partial charge in [0.05, 0.1) is 16.1 Å². The predicted octanol–water partition coefficient (Wildman–Crippen LogP) is 3.67. The van der Waals surface area contributed by atoms with E-state index >= 15 is 0 Å². The lowest BCUT2D eigenvalue weighted by molar-refractivity contribution is -0.129. The summed E-state index contributed by atoms with van der Waals surface area (Å²) in [4.78, 5) is 24.3. The van der Waals surface area contributed by atoms with Crippen LogP contribution in [-0.2, 0) is 9.59 Å². The monoisotopic (exact) mass is 500 g/mol. The molecule has 1 aliphatic heterocycles. The second-order valence-electron chi connectivity index (χ2n) is 7.22. The van der Waals surface area contributed by atoms with Crippen molar-refractivity contribution in [3.05, 3.63) is 69.9 Å². The predicted molar refractivity (Wildman–Crippen MR) is 117 cm³/mol. The SMILES string of the molecule is C=C(CCNC(=O)COc1ccc(Cl)c(F)c1)NC(=O)[C@H]1C[C@@H](O)c2cc(F)c(Cl)cc2O1. The van der Waals surface area contributed by atoms with Gasteiger partial charge in [-0.2, -0.15) is 0 Å². The van der Waals surface area contributed by atoms with E-state index in [9.17, 15) is 23.5 Å². The first-order valence-electron chi connectivity index (χ1n) is 9.81. The number of hydrogen-bond donors (Lipinski definition) is 3. The summed E-state index contributed by atoms with van der Waals surface area (Å²) in [5.74, 6) is -2.08. The third-order valence-electron chi connectivity index (χ3n) is 4.72. The highest BCUT2D eigenvalue weighted by molar-refractivity contribution is 6.31. The molecular weight excluding hydrogens is 481 g/mol. The van der Waals surface area contributed by atoms with E-state index in [4.69, 9.17) is 32.7 Å². The smallest absolute Gasteiger partial charge is 0.265 e. The highest BCUT2D eigenvalue weighted by Crippen LogP contribution is 2.37. The number of ether oxygens (including phenoxy) is 2. The molecule has 11 heteroatoms. The molecule has 2 aromatic rings. The fraction of sp³-hybridized carbons (Fsp3) is 0.273. The van der Waals surface area contributed by atoms with Crippen molar-refractivity contribution in [2.75, 3.05) is 13.2 Å². The molecule has 0 fully saturated rings. The second kappa shape index (κ2) is 10.8. The molecule has 33 heavy (non-hydrogen) atoms. The van der Waals surface area contributed by atoms with Gasteiger partial charge < -0.3 is 25.2 Å². The Labute approximate surface area is 198 Å². The van der Waals surface area contributed by atoms with Crippen molar-refractivity contribution >= 4 is 35.0 Å². The third kappa shape index (κ3) is 6.56. The summed E-state index contributed by atoms with van der Waals surface area (Å²) in [6, 6.07) is 6.10. The molecule has 176 valence electrons. The summed E-state index contributed by atoms with van der Waals surface area (Å²) in [5, 5.41) is 15.1. The molecule has 1 heterocycles. The number of fused-ring (bicyclic) bond motifs is 1. The standard InChI is InChI=1S/C22H20Cl2F2N2O5/c1-11(4-5-27-21(30)10-32-12-2-3-14(23)16(25)6-12)28-22(31)20-9-18(29)13-7-17(26)15(24)8-19(13)33-20/h2-3,6-8,18,20,29H,1,4-5,9-10H2,(H,27,30)(H,28,31)/t18-,20-/m1/s1. The molecule has 3 N–H and O–H groups in total. The largest absolute Gasteiger partial charge is 0.484 e. The maximum atomic E-state index is 13.6. The fourth-order valence-corrected chi connectivity index (χ4v) is 3.31. The number of carbonyl (C=O) groups excluding carboxylic acids is 2. The number of carbonyl (C=O) groups is 2. The van der Waals surface area contributed by atoms with Gasteiger partial charge in [0.1, 0.15) is 23.1 Å². The van der Waals surface area contributed by atoms with E-state index in [0.717, 1.165) is 12.1 Å². The van der Waals surface area contributed by atoms with Crippen molar-refractivity contribution in [2.24, 2.45) is 0 Å². The van der Waals surface area contributed by atoms with Crippen molar-refractivity contribution in [2.45, 2.75) is 25.0 Å². The number of hydrogen-bond acceptors (Lipinski definition) is 5. The van der Waals surface area contributed by atoms with Crippen LogP contribution in [0.2, 0.25) is 10.0 Å². The fourth-order valence-electron chi connectivity index (χ4n) is 3.03.